The zero-order valence-corrected chi connectivity index (χ0v) is 7.11. The Balaban J connectivity index is 3.76. The summed E-state index contributed by atoms with van der Waals surface area (Å²) in [6.45, 7) is 5.23. The van der Waals surface area contributed by atoms with Crippen LogP contribution in [0, 0.1) is 0 Å². The molecule has 0 radical (unpaired) electrons. The lowest BCUT2D eigenvalue weighted by molar-refractivity contribution is -0.138. The minimum Gasteiger partial charge on any atom is -0.443 e. The van der Waals surface area contributed by atoms with Gasteiger partial charge in [0.1, 0.15) is 0 Å². The van der Waals surface area contributed by atoms with Crippen LogP contribution >= 0.6 is 11.6 Å². The molecule has 0 N–H and O–H groups in total. The summed E-state index contributed by atoms with van der Waals surface area (Å²) >= 11 is 5.38. The summed E-state index contributed by atoms with van der Waals surface area (Å²) in [5.74, 6) is -0.387. The van der Waals surface area contributed by atoms with Gasteiger partial charge in [0.2, 0.25) is 0 Å². The van der Waals surface area contributed by atoms with Crippen molar-refractivity contribution in [2.24, 2.45) is 0 Å². The molecule has 2 nitrogen and oxygen atoms in total. The Morgan fingerprint density at radius 2 is 2.10 bits per heavy atom. The quantitative estimate of drug-likeness (QED) is 0.353. The van der Waals surface area contributed by atoms with Gasteiger partial charge >= 0.3 is 5.97 Å². The number of carbonyl (C=O) groups excluding carboxylic acids is 1. The van der Waals surface area contributed by atoms with E-state index in [2.05, 4.69) is 4.74 Å². The normalized spacial score (nSPS) is 12.0. The average Bonchev–Trinajstić information content (AvgIpc) is 1.58. The minimum atomic E-state index is -0.553. The average molecular weight is 163 g/mol. The first kappa shape index (κ1) is 9.50. The van der Waals surface area contributed by atoms with Gasteiger partial charge in [0, 0.05) is 6.08 Å². The smallest absolute Gasteiger partial charge is 0.332 e. The van der Waals surface area contributed by atoms with Gasteiger partial charge in [0.25, 0.3) is 0 Å². The molecule has 0 spiro atoms. The zero-order valence-electron chi connectivity index (χ0n) is 6.35. The maximum absolute atomic E-state index is 10.7. The summed E-state index contributed by atoms with van der Waals surface area (Å²) in [5, 5.41) is 0. The number of rotatable bonds is 2. The van der Waals surface area contributed by atoms with Crippen LogP contribution in [0.25, 0.3) is 0 Å². The van der Waals surface area contributed by atoms with Gasteiger partial charge in [0.15, 0.2) is 5.56 Å². The van der Waals surface area contributed by atoms with Gasteiger partial charge in [-0.15, -0.1) is 0 Å². The van der Waals surface area contributed by atoms with E-state index in [0.29, 0.717) is 0 Å². The van der Waals surface area contributed by atoms with E-state index < -0.39 is 5.56 Å². The van der Waals surface area contributed by atoms with Crippen molar-refractivity contribution in [1.29, 1.82) is 0 Å². The first-order chi connectivity index (χ1) is 4.52. The van der Waals surface area contributed by atoms with Crippen molar-refractivity contribution >= 4 is 17.6 Å². The Bertz CT molecular complexity index is 146. The van der Waals surface area contributed by atoms with Crippen LogP contribution < -0.4 is 0 Å². The molecule has 1 unspecified atom stereocenters. The number of hydrogen-bond donors (Lipinski definition) is 0. The molecule has 10 heavy (non-hydrogen) atoms. The van der Waals surface area contributed by atoms with Gasteiger partial charge in [-0.1, -0.05) is 17.2 Å². The molecule has 0 aliphatic heterocycles. The van der Waals surface area contributed by atoms with Crippen molar-refractivity contribution in [2.75, 3.05) is 0 Å². The van der Waals surface area contributed by atoms with E-state index in [1.54, 1.807) is 6.92 Å². The van der Waals surface area contributed by atoms with Crippen LogP contribution in [0.1, 0.15) is 20.8 Å². The molecule has 0 aromatic heterocycles. The number of ether oxygens (including phenoxy) is 1. The van der Waals surface area contributed by atoms with Gasteiger partial charge in [-0.2, -0.15) is 0 Å². The molecule has 58 valence electrons. The fraction of sp³-hybridized carbons (Fsp3) is 0.571. The fourth-order valence-corrected chi connectivity index (χ4v) is 0.518. The molecule has 0 heterocycles. The second-order valence-electron chi connectivity index (χ2n) is 2.20. The van der Waals surface area contributed by atoms with Gasteiger partial charge in [-0.05, 0) is 20.8 Å². The summed E-state index contributed by atoms with van der Waals surface area (Å²) in [6, 6.07) is 0. The summed E-state index contributed by atoms with van der Waals surface area (Å²) in [6.07, 6.45) is 1.40. The van der Waals surface area contributed by atoms with Crippen LogP contribution in [-0.2, 0) is 9.53 Å². The zero-order chi connectivity index (χ0) is 8.15. The summed E-state index contributed by atoms with van der Waals surface area (Å²) in [5.41, 5.74) is 0.352. The fourth-order valence-electron chi connectivity index (χ4n) is 0.430. The van der Waals surface area contributed by atoms with Gasteiger partial charge in [-0.25, -0.2) is 4.79 Å². The number of esters is 1. The lowest BCUT2D eigenvalue weighted by Crippen LogP contribution is -2.06. The lowest BCUT2D eigenvalue weighted by Gasteiger charge is -2.01. The van der Waals surface area contributed by atoms with Crippen LogP contribution in [0.5, 0.6) is 0 Å². The lowest BCUT2D eigenvalue weighted by atomic mass is 10.3. The number of halogens is 1. The molecule has 0 aliphatic rings. The Labute approximate surface area is 65.8 Å². The second-order valence-corrected chi connectivity index (χ2v) is 2.82. The van der Waals surface area contributed by atoms with Gasteiger partial charge in [0.05, 0.1) is 0 Å². The topological polar surface area (TPSA) is 26.3 Å². The van der Waals surface area contributed by atoms with Crippen LogP contribution in [0.3, 0.4) is 0 Å². The maximum atomic E-state index is 10.7. The summed E-state index contributed by atoms with van der Waals surface area (Å²) < 4.78 is 4.61. The van der Waals surface area contributed by atoms with Crippen LogP contribution in [0.4, 0.5) is 0 Å². The van der Waals surface area contributed by atoms with Crippen molar-refractivity contribution in [3.63, 3.8) is 0 Å². The maximum Gasteiger partial charge on any atom is 0.332 e. The van der Waals surface area contributed by atoms with Gasteiger partial charge < -0.3 is 4.74 Å². The minimum absolute atomic E-state index is 0.387. The molecule has 0 aromatic rings. The van der Waals surface area contributed by atoms with Crippen molar-refractivity contribution in [1.82, 2.24) is 0 Å². The van der Waals surface area contributed by atoms with Crippen LogP contribution in [0.2, 0.25) is 0 Å². The second kappa shape index (κ2) is 4.34. The molecule has 0 rings (SSSR count). The monoisotopic (exact) mass is 162 g/mol. The Kier molecular flexibility index (Phi) is 4.12. The van der Waals surface area contributed by atoms with E-state index >= 15 is 0 Å². The van der Waals surface area contributed by atoms with E-state index in [1.807, 2.05) is 13.8 Å². The molecule has 0 aliphatic carbocycles. The predicted octanol–water partition coefficient (Wildman–Crippen LogP) is 2.08. The molecule has 1 atom stereocenters. The van der Waals surface area contributed by atoms with E-state index in [4.69, 9.17) is 11.6 Å². The molecule has 0 amide bonds. The molecule has 0 bridgehead atoms. The third-order valence-electron chi connectivity index (χ3n) is 0.685. The van der Waals surface area contributed by atoms with Crippen molar-refractivity contribution in [2.45, 2.75) is 26.3 Å². The van der Waals surface area contributed by atoms with E-state index in [9.17, 15) is 4.79 Å². The van der Waals surface area contributed by atoms with Crippen LogP contribution in [0.15, 0.2) is 11.6 Å². The largest absolute Gasteiger partial charge is 0.443 e. The Morgan fingerprint density at radius 3 is 2.40 bits per heavy atom. The highest BCUT2D eigenvalue weighted by Gasteiger charge is 2.01. The highest BCUT2D eigenvalue weighted by Crippen LogP contribution is 1.98. The molecule has 0 saturated carbocycles. The first-order valence-corrected chi connectivity index (χ1v) is 3.45. The third-order valence-corrected chi connectivity index (χ3v) is 0.774. The molecule has 0 aromatic carbocycles. The molecular formula is C7H11ClO2. The molecule has 0 fully saturated rings. The molecule has 0 saturated heterocycles. The van der Waals surface area contributed by atoms with E-state index in [-0.39, 0.29) is 5.97 Å². The summed E-state index contributed by atoms with van der Waals surface area (Å²) in [4.78, 5) is 10.7. The highest BCUT2D eigenvalue weighted by molar-refractivity contribution is 6.20. The standard InChI is InChI=1S/C7H11ClO2/c1-5(2)4-7(9)10-6(3)8/h4,6H,1-3H3. The third kappa shape index (κ3) is 5.63. The highest BCUT2D eigenvalue weighted by atomic mass is 35.5. The number of allylic oxidation sites excluding steroid dienone is 1. The Hall–Kier alpha value is -0.500. The number of alkyl halides is 1. The van der Waals surface area contributed by atoms with E-state index in [0.717, 1.165) is 5.57 Å². The molecular weight excluding hydrogens is 152 g/mol. The Morgan fingerprint density at radius 1 is 1.60 bits per heavy atom. The first-order valence-electron chi connectivity index (χ1n) is 3.02. The SMILES string of the molecule is CC(C)=CC(=O)OC(C)Cl. The summed E-state index contributed by atoms with van der Waals surface area (Å²) in [7, 11) is 0. The number of carbonyl (C=O) groups is 1. The van der Waals surface area contributed by atoms with Crippen LogP contribution in [-0.4, -0.2) is 11.5 Å². The molecule has 3 heteroatoms. The van der Waals surface area contributed by atoms with Gasteiger partial charge in [-0.3, -0.25) is 0 Å². The van der Waals surface area contributed by atoms with Crippen molar-refractivity contribution in [3.8, 4) is 0 Å². The van der Waals surface area contributed by atoms with Crippen molar-refractivity contribution in [3.05, 3.63) is 11.6 Å². The van der Waals surface area contributed by atoms with Crippen molar-refractivity contribution < 1.29 is 9.53 Å². The predicted molar refractivity (Wildman–Crippen MR) is 40.8 cm³/mol. The number of hydrogen-bond acceptors (Lipinski definition) is 2. The van der Waals surface area contributed by atoms with E-state index in [1.165, 1.54) is 6.08 Å².